The molecule has 1 aromatic heterocycles. The van der Waals surface area contributed by atoms with E-state index in [2.05, 4.69) is 20.5 Å². The van der Waals surface area contributed by atoms with Gasteiger partial charge < -0.3 is 4.74 Å². The van der Waals surface area contributed by atoms with E-state index in [-0.39, 0.29) is 30.5 Å². The molecule has 0 aliphatic heterocycles. The monoisotopic (exact) mass is 368 g/mol. The molecule has 0 unspecified atom stereocenters. The predicted octanol–water partition coefficient (Wildman–Crippen LogP) is 3.18. The van der Waals surface area contributed by atoms with Gasteiger partial charge in [0.25, 0.3) is 0 Å². The summed E-state index contributed by atoms with van der Waals surface area (Å²) >= 11 is 7.37. The number of aromatic nitrogens is 3. The van der Waals surface area contributed by atoms with Gasteiger partial charge >= 0.3 is 0 Å². The van der Waals surface area contributed by atoms with E-state index < -0.39 is 0 Å². The fourth-order valence-electron chi connectivity index (χ4n) is 1.95. The lowest BCUT2D eigenvalue weighted by atomic mass is 10.1. The Kier molecular flexibility index (Phi) is 6.62. The Morgan fingerprint density at radius 2 is 2.17 bits per heavy atom. The Balaban J connectivity index is 1.91. The first kappa shape index (κ1) is 18.3. The molecule has 0 fully saturated rings. The van der Waals surface area contributed by atoms with Crippen LogP contribution in [0.3, 0.4) is 0 Å². The van der Waals surface area contributed by atoms with Crippen molar-refractivity contribution in [1.82, 2.24) is 15.2 Å². The molecule has 9 heteroatoms. The summed E-state index contributed by atoms with van der Waals surface area (Å²) in [4.78, 5) is 28.3. The third-order valence-corrected chi connectivity index (χ3v) is 4.00. The van der Waals surface area contributed by atoms with Gasteiger partial charge in [-0.25, -0.2) is 5.10 Å². The largest absolute Gasteiger partial charge is 0.496 e. The number of anilines is 1. The van der Waals surface area contributed by atoms with Gasteiger partial charge in [-0.1, -0.05) is 30.3 Å². The minimum Gasteiger partial charge on any atom is -0.496 e. The second-order valence-electron chi connectivity index (χ2n) is 4.72. The van der Waals surface area contributed by atoms with Gasteiger partial charge in [0.05, 0.1) is 12.7 Å². The number of carbonyl (C=O) groups is 2. The van der Waals surface area contributed by atoms with Crippen molar-refractivity contribution in [2.45, 2.75) is 24.9 Å². The fraction of sp³-hybridized carbons (Fsp3) is 0.333. The first-order valence-electron chi connectivity index (χ1n) is 7.25. The van der Waals surface area contributed by atoms with Crippen LogP contribution in [0, 0.1) is 0 Å². The number of benzene rings is 1. The summed E-state index contributed by atoms with van der Waals surface area (Å²) in [6.45, 7) is 1.98. The summed E-state index contributed by atoms with van der Waals surface area (Å²) < 4.78 is 5.14. The molecule has 0 bridgehead atoms. The van der Waals surface area contributed by atoms with E-state index in [1.165, 1.54) is 24.9 Å². The summed E-state index contributed by atoms with van der Waals surface area (Å²) in [5.41, 5.74) is 0.360. The number of rotatable bonds is 8. The SMILES string of the molecule is CCSc1n[nH]c(NC(=O)CCC(=O)c2cc(Cl)ccc2OC)n1. The van der Waals surface area contributed by atoms with Crippen molar-refractivity contribution < 1.29 is 14.3 Å². The van der Waals surface area contributed by atoms with E-state index in [4.69, 9.17) is 16.3 Å². The molecule has 2 rings (SSSR count). The van der Waals surface area contributed by atoms with Crippen molar-refractivity contribution >= 4 is 41.0 Å². The van der Waals surface area contributed by atoms with Gasteiger partial charge in [0.2, 0.25) is 17.0 Å². The number of halogens is 1. The molecular formula is C15H17ClN4O3S. The average molecular weight is 369 g/mol. The van der Waals surface area contributed by atoms with Crippen LogP contribution in [0.25, 0.3) is 0 Å². The van der Waals surface area contributed by atoms with Crippen molar-refractivity contribution in [2.75, 3.05) is 18.2 Å². The molecule has 2 aromatic rings. The van der Waals surface area contributed by atoms with Gasteiger partial charge in [-0.2, -0.15) is 4.98 Å². The second kappa shape index (κ2) is 8.70. The van der Waals surface area contributed by atoms with E-state index in [9.17, 15) is 9.59 Å². The number of H-pyrrole nitrogens is 1. The number of Topliss-reactive ketones (excluding diaryl/α,β-unsaturated/α-hetero) is 1. The highest BCUT2D eigenvalue weighted by Crippen LogP contribution is 2.24. The van der Waals surface area contributed by atoms with Crippen LogP contribution in [-0.4, -0.2) is 39.7 Å². The summed E-state index contributed by atoms with van der Waals surface area (Å²) in [6, 6.07) is 4.79. The van der Waals surface area contributed by atoms with E-state index in [0.29, 0.717) is 21.5 Å². The van der Waals surface area contributed by atoms with Gasteiger partial charge in [-0.3, -0.25) is 14.9 Å². The third-order valence-electron chi connectivity index (χ3n) is 3.04. The highest BCUT2D eigenvalue weighted by Gasteiger charge is 2.15. The van der Waals surface area contributed by atoms with Gasteiger partial charge in [0, 0.05) is 17.9 Å². The maximum atomic E-state index is 12.3. The lowest BCUT2D eigenvalue weighted by molar-refractivity contribution is -0.116. The number of nitrogens with zero attached hydrogens (tertiary/aromatic N) is 2. The number of carbonyl (C=O) groups excluding carboxylic acids is 2. The Labute approximate surface area is 148 Å². The van der Waals surface area contributed by atoms with Crippen LogP contribution in [0.2, 0.25) is 5.02 Å². The lowest BCUT2D eigenvalue weighted by Gasteiger charge is -2.08. The molecule has 128 valence electrons. The van der Waals surface area contributed by atoms with Crippen LogP contribution in [0.4, 0.5) is 5.95 Å². The number of ketones is 1. The summed E-state index contributed by atoms with van der Waals surface area (Å²) in [7, 11) is 1.47. The van der Waals surface area contributed by atoms with Crippen molar-refractivity contribution in [3.8, 4) is 5.75 Å². The Hall–Kier alpha value is -2.06. The number of hydrogen-bond acceptors (Lipinski definition) is 6. The molecule has 0 aliphatic rings. The lowest BCUT2D eigenvalue weighted by Crippen LogP contribution is -2.14. The molecule has 0 saturated carbocycles. The molecule has 24 heavy (non-hydrogen) atoms. The predicted molar refractivity (Wildman–Crippen MR) is 93.0 cm³/mol. The quantitative estimate of drug-likeness (QED) is 0.548. The normalized spacial score (nSPS) is 10.5. The molecule has 0 aliphatic carbocycles. The Bertz CT molecular complexity index is 735. The first-order chi connectivity index (χ1) is 11.5. The second-order valence-corrected chi connectivity index (χ2v) is 6.38. The highest BCUT2D eigenvalue weighted by molar-refractivity contribution is 7.99. The number of nitrogens with one attached hydrogen (secondary N) is 2. The topological polar surface area (TPSA) is 97.0 Å². The zero-order valence-electron chi connectivity index (χ0n) is 13.3. The maximum absolute atomic E-state index is 12.3. The zero-order valence-corrected chi connectivity index (χ0v) is 14.8. The van der Waals surface area contributed by atoms with Gasteiger partial charge in [0.15, 0.2) is 5.78 Å². The van der Waals surface area contributed by atoms with Crippen LogP contribution < -0.4 is 10.1 Å². The number of aromatic amines is 1. The molecule has 1 aromatic carbocycles. The number of amides is 1. The third kappa shape index (κ3) is 4.97. The number of ether oxygens (including phenoxy) is 1. The van der Waals surface area contributed by atoms with Crippen LogP contribution >= 0.6 is 23.4 Å². The zero-order chi connectivity index (χ0) is 17.5. The molecule has 0 radical (unpaired) electrons. The van der Waals surface area contributed by atoms with Crippen LogP contribution in [-0.2, 0) is 4.79 Å². The van der Waals surface area contributed by atoms with E-state index in [0.717, 1.165) is 5.75 Å². The maximum Gasteiger partial charge on any atom is 0.227 e. The molecule has 0 saturated heterocycles. The molecule has 1 heterocycles. The standard InChI is InChI=1S/C15H17ClN4O3S/c1-3-24-15-18-14(19-20-15)17-13(22)7-5-11(21)10-8-9(16)4-6-12(10)23-2/h4,6,8H,3,5,7H2,1-2H3,(H2,17,18,19,20,22). The van der Waals surface area contributed by atoms with E-state index in [1.54, 1.807) is 12.1 Å². The molecular weight excluding hydrogens is 352 g/mol. The average Bonchev–Trinajstić information content (AvgIpc) is 3.00. The summed E-state index contributed by atoms with van der Waals surface area (Å²) in [5, 5.41) is 10.2. The van der Waals surface area contributed by atoms with Crippen LogP contribution in [0.1, 0.15) is 30.1 Å². The van der Waals surface area contributed by atoms with E-state index >= 15 is 0 Å². The van der Waals surface area contributed by atoms with Gasteiger partial charge in [-0.05, 0) is 24.0 Å². The minimum absolute atomic E-state index is 0.0193. The molecule has 0 spiro atoms. The number of hydrogen-bond donors (Lipinski definition) is 2. The van der Waals surface area contributed by atoms with Gasteiger partial charge in [-0.15, -0.1) is 5.10 Å². The number of thioether (sulfide) groups is 1. The van der Waals surface area contributed by atoms with Crippen molar-refractivity contribution in [3.05, 3.63) is 28.8 Å². The highest BCUT2D eigenvalue weighted by atomic mass is 35.5. The Morgan fingerprint density at radius 3 is 2.88 bits per heavy atom. The summed E-state index contributed by atoms with van der Waals surface area (Å²) in [5.74, 6) is 0.990. The van der Waals surface area contributed by atoms with Crippen molar-refractivity contribution in [3.63, 3.8) is 0 Å². The molecule has 1 amide bonds. The smallest absolute Gasteiger partial charge is 0.227 e. The fourth-order valence-corrected chi connectivity index (χ4v) is 2.65. The molecule has 2 N–H and O–H groups in total. The van der Waals surface area contributed by atoms with Crippen LogP contribution in [0.5, 0.6) is 5.75 Å². The van der Waals surface area contributed by atoms with E-state index in [1.807, 2.05) is 6.92 Å². The minimum atomic E-state index is -0.325. The molecule has 7 nitrogen and oxygen atoms in total. The molecule has 0 atom stereocenters. The van der Waals surface area contributed by atoms with Crippen LogP contribution in [0.15, 0.2) is 23.4 Å². The summed E-state index contributed by atoms with van der Waals surface area (Å²) in [6.07, 6.45) is 0.0543. The van der Waals surface area contributed by atoms with Gasteiger partial charge in [0.1, 0.15) is 5.75 Å². The van der Waals surface area contributed by atoms with Crippen molar-refractivity contribution in [2.24, 2.45) is 0 Å². The number of methoxy groups -OCH3 is 1. The first-order valence-corrected chi connectivity index (χ1v) is 8.61. The Morgan fingerprint density at radius 1 is 1.38 bits per heavy atom. The van der Waals surface area contributed by atoms with Crippen molar-refractivity contribution in [1.29, 1.82) is 0 Å².